The van der Waals surface area contributed by atoms with Crippen LogP contribution in [0.1, 0.15) is 11.6 Å². The van der Waals surface area contributed by atoms with Crippen molar-refractivity contribution in [3.63, 3.8) is 0 Å². The fraction of sp³-hybridized carbons (Fsp3) is 0.143. The van der Waals surface area contributed by atoms with E-state index in [-0.39, 0.29) is 11.5 Å². The minimum absolute atomic E-state index is 0.0533. The molecule has 0 radical (unpaired) electrons. The first kappa shape index (κ1) is 16.0. The number of sulfonamides is 1. The van der Waals surface area contributed by atoms with E-state index < -0.39 is 16.1 Å². The van der Waals surface area contributed by atoms with Crippen LogP contribution in [-0.4, -0.2) is 20.1 Å². The molecule has 0 unspecified atom stereocenters. The zero-order valence-corrected chi connectivity index (χ0v) is 13.4. The summed E-state index contributed by atoms with van der Waals surface area (Å²) in [7, 11) is -3.77. The number of benzene rings is 2. The third kappa shape index (κ3) is 3.82. The summed E-state index contributed by atoms with van der Waals surface area (Å²) in [5, 5.41) is 9.43. The van der Waals surface area contributed by atoms with Crippen LogP contribution in [0.5, 0.6) is 0 Å². The number of nitrogen functional groups attached to an aromatic ring is 1. The minimum atomic E-state index is -3.77. The highest BCUT2D eigenvalue weighted by atomic mass is 79.9. The molecule has 0 aliphatic heterocycles. The molecule has 21 heavy (non-hydrogen) atoms. The normalized spacial score (nSPS) is 13.0. The Bertz CT molecular complexity index is 720. The molecule has 0 heterocycles. The van der Waals surface area contributed by atoms with Crippen molar-refractivity contribution in [2.75, 3.05) is 12.3 Å². The van der Waals surface area contributed by atoms with E-state index in [1.165, 1.54) is 12.1 Å². The Morgan fingerprint density at radius 1 is 1.19 bits per heavy atom. The summed E-state index contributed by atoms with van der Waals surface area (Å²) in [6.07, 6.45) is 0. The van der Waals surface area contributed by atoms with Crippen molar-refractivity contribution in [2.45, 2.75) is 10.9 Å². The van der Waals surface area contributed by atoms with Crippen molar-refractivity contribution in [3.8, 4) is 0 Å². The Kier molecular flexibility index (Phi) is 5.00. The van der Waals surface area contributed by atoms with E-state index in [2.05, 4.69) is 20.7 Å². The molecule has 0 aliphatic rings. The molecule has 4 N–H and O–H groups in total. The van der Waals surface area contributed by atoms with Gasteiger partial charge in [-0.15, -0.1) is 0 Å². The smallest absolute Gasteiger partial charge is 0.241 e. The van der Waals surface area contributed by atoms with E-state index in [1.54, 1.807) is 30.3 Å². The predicted molar refractivity (Wildman–Crippen MR) is 85.1 cm³/mol. The zero-order chi connectivity index (χ0) is 15.5. The molecule has 0 aromatic heterocycles. The molecule has 0 fully saturated rings. The summed E-state index contributed by atoms with van der Waals surface area (Å²) in [6.45, 7) is -0.338. The molecule has 5 nitrogen and oxygen atoms in total. The van der Waals surface area contributed by atoms with E-state index in [9.17, 15) is 13.5 Å². The first-order valence-corrected chi connectivity index (χ1v) is 8.45. The van der Waals surface area contributed by atoms with Gasteiger partial charge in [-0.2, -0.15) is 0 Å². The van der Waals surface area contributed by atoms with Gasteiger partial charge in [0.25, 0.3) is 0 Å². The van der Waals surface area contributed by atoms with Gasteiger partial charge in [-0.1, -0.05) is 30.3 Å². The summed E-state index contributed by atoms with van der Waals surface area (Å²) in [4.78, 5) is 0.0533. The molecule has 0 spiro atoms. The summed E-state index contributed by atoms with van der Waals surface area (Å²) < 4.78 is 27.8. The SMILES string of the molecule is Nc1cc(S(=O)(=O)N[C@H](CO)c2ccccc2)ccc1Br. The van der Waals surface area contributed by atoms with Gasteiger partial charge in [0.05, 0.1) is 17.5 Å². The highest BCUT2D eigenvalue weighted by Crippen LogP contribution is 2.24. The third-order valence-corrected chi connectivity index (χ3v) is 5.15. The van der Waals surface area contributed by atoms with E-state index in [0.29, 0.717) is 15.7 Å². The zero-order valence-electron chi connectivity index (χ0n) is 11.0. The molecular weight excluding hydrogens is 356 g/mol. The molecule has 112 valence electrons. The first-order chi connectivity index (χ1) is 9.94. The third-order valence-electron chi connectivity index (χ3n) is 2.96. The number of rotatable bonds is 5. The van der Waals surface area contributed by atoms with E-state index in [1.807, 2.05) is 6.07 Å². The van der Waals surface area contributed by atoms with E-state index in [4.69, 9.17) is 5.73 Å². The summed E-state index contributed by atoms with van der Waals surface area (Å²) in [5.74, 6) is 0. The molecule has 2 rings (SSSR count). The highest BCUT2D eigenvalue weighted by Gasteiger charge is 2.21. The topological polar surface area (TPSA) is 92.4 Å². The lowest BCUT2D eigenvalue weighted by Gasteiger charge is -2.17. The van der Waals surface area contributed by atoms with Gasteiger partial charge < -0.3 is 10.8 Å². The number of aliphatic hydroxyl groups is 1. The van der Waals surface area contributed by atoms with Crippen LogP contribution >= 0.6 is 15.9 Å². The van der Waals surface area contributed by atoms with Crippen LogP contribution in [0.3, 0.4) is 0 Å². The van der Waals surface area contributed by atoms with Gasteiger partial charge >= 0.3 is 0 Å². The van der Waals surface area contributed by atoms with Gasteiger partial charge in [0.15, 0.2) is 0 Å². The van der Waals surface area contributed by atoms with Gasteiger partial charge in [0.1, 0.15) is 0 Å². The molecular formula is C14H15BrN2O3S. The minimum Gasteiger partial charge on any atom is -0.398 e. The number of hydrogen-bond acceptors (Lipinski definition) is 4. The van der Waals surface area contributed by atoms with Gasteiger partial charge in [0.2, 0.25) is 10.0 Å². The van der Waals surface area contributed by atoms with Crippen LogP contribution < -0.4 is 10.5 Å². The summed E-state index contributed by atoms with van der Waals surface area (Å²) in [6, 6.07) is 12.6. The molecule has 0 aliphatic carbocycles. The molecule has 2 aromatic carbocycles. The fourth-order valence-electron chi connectivity index (χ4n) is 1.84. The number of nitrogens with two attached hydrogens (primary N) is 1. The quantitative estimate of drug-likeness (QED) is 0.702. The van der Waals surface area contributed by atoms with Crippen molar-refractivity contribution < 1.29 is 13.5 Å². The van der Waals surface area contributed by atoms with Crippen molar-refractivity contribution in [3.05, 3.63) is 58.6 Å². The molecule has 2 aromatic rings. The van der Waals surface area contributed by atoms with Crippen LogP contribution in [0, 0.1) is 0 Å². The Labute approximate surface area is 132 Å². The average Bonchev–Trinajstić information content (AvgIpc) is 2.48. The first-order valence-electron chi connectivity index (χ1n) is 6.17. The number of nitrogens with one attached hydrogen (secondary N) is 1. The van der Waals surface area contributed by atoms with Crippen LogP contribution in [-0.2, 0) is 10.0 Å². The van der Waals surface area contributed by atoms with Crippen molar-refractivity contribution in [1.82, 2.24) is 4.72 Å². The van der Waals surface area contributed by atoms with Gasteiger partial charge in [-0.3, -0.25) is 0 Å². The van der Waals surface area contributed by atoms with E-state index >= 15 is 0 Å². The maximum atomic E-state index is 12.3. The molecule has 7 heteroatoms. The number of hydrogen-bond donors (Lipinski definition) is 3. The van der Waals surface area contributed by atoms with Crippen LogP contribution in [0.15, 0.2) is 57.9 Å². The average molecular weight is 371 g/mol. The van der Waals surface area contributed by atoms with Crippen molar-refractivity contribution in [1.29, 1.82) is 0 Å². The lowest BCUT2D eigenvalue weighted by molar-refractivity contribution is 0.259. The number of anilines is 1. The van der Waals surface area contributed by atoms with Crippen LogP contribution in [0.25, 0.3) is 0 Å². The second kappa shape index (κ2) is 6.57. The molecule has 0 amide bonds. The Morgan fingerprint density at radius 3 is 2.43 bits per heavy atom. The van der Waals surface area contributed by atoms with Crippen molar-refractivity contribution in [2.24, 2.45) is 0 Å². The molecule has 0 bridgehead atoms. The van der Waals surface area contributed by atoms with Gasteiger partial charge in [-0.25, -0.2) is 13.1 Å². The van der Waals surface area contributed by atoms with Gasteiger partial charge in [0, 0.05) is 10.2 Å². The standard InChI is InChI=1S/C14H15BrN2O3S/c15-12-7-6-11(8-13(12)16)21(19,20)17-14(9-18)10-4-2-1-3-5-10/h1-8,14,17-18H,9,16H2/t14-/m1/s1. The number of halogens is 1. The maximum Gasteiger partial charge on any atom is 0.241 e. The molecule has 1 atom stereocenters. The largest absolute Gasteiger partial charge is 0.398 e. The fourth-order valence-corrected chi connectivity index (χ4v) is 3.34. The Balaban J connectivity index is 2.29. The van der Waals surface area contributed by atoms with E-state index in [0.717, 1.165) is 0 Å². The molecule has 0 saturated heterocycles. The molecule has 0 saturated carbocycles. The second-order valence-electron chi connectivity index (χ2n) is 4.45. The monoisotopic (exact) mass is 370 g/mol. The highest BCUT2D eigenvalue weighted by molar-refractivity contribution is 9.10. The second-order valence-corrected chi connectivity index (χ2v) is 7.02. The van der Waals surface area contributed by atoms with Crippen LogP contribution in [0.2, 0.25) is 0 Å². The van der Waals surface area contributed by atoms with Gasteiger partial charge in [-0.05, 0) is 39.7 Å². The Hall–Kier alpha value is -1.41. The van der Waals surface area contributed by atoms with Crippen molar-refractivity contribution >= 4 is 31.6 Å². The summed E-state index contributed by atoms with van der Waals surface area (Å²) >= 11 is 3.22. The number of aliphatic hydroxyl groups excluding tert-OH is 1. The van der Waals surface area contributed by atoms with Crippen LogP contribution in [0.4, 0.5) is 5.69 Å². The Morgan fingerprint density at radius 2 is 1.86 bits per heavy atom. The maximum absolute atomic E-state index is 12.3. The lowest BCUT2D eigenvalue weighted by atomic mass is 10.1. The lowest BCUT2D eigenvalue weighted by Crippen LogP contribution is -2.30. The summed E-state index contributed by atoms with van der Waals surface area (Å²) in [5.41, 5.74) is 6.72. The predicted octanol–water partition coefficient (Wildman–Crippen LogP) is 2.04.